The Hall–Kier alpha value is -0.900. The third-order valence-corrected chi connectivity index (χ3v) is 5.27. The zero-order chi connectivity index (χ0) is 18.4. The summed E-state index contributed by atoms with van der Waals surface area (Å²) in [6.45, 7) is 11.2. The van der Waals surface area contributed by atoms with E-state index in [-0.39, 0.29) is 0 Å². The molecule has 0 saturated carbocycles. The van der Waals surface area contributed by atoms with E-state index in [2.05, 4.69) is 16.7 Å². The Kier molecular flexibility index (Phi) is 7.48. The third-order valence-electron chi connectivity index (χ3n) is 4.73. The maximum Gasteiger partial charge on any atom is 0.412 e. The summed E-state index contributed by atoms with van der Waals surface area (Å²) in [5.74, 6) is 0. The normalized spacial score (nSPS) is 26.2. The fourth-order valence-electron chi connectivity index (χ4n) is 3.32. The van der Waals surface area contributed by atoms with Crippen LogP contribution in [0, 0.1) is 0 Å². The monoisotopic (exact) mass is 377 g/mol. The lowest BCUT2D eigenvalue weighted by Gasteiger charge is -2.34. The van der Waals surface area contributed by atoms with Crippen LogP contribution in [0.4, 0.5) is 4.79 Å². The Morgan fingerprint density at radius 2 is 1.64 bits per heavy atom. The highest BCUT2D eigenvalue weighted by atomic mass is 32.2. The van der Waals surface area contributed by atoms with E-state index in [9.17, 15) is 13.2 Å². The molecule has 2 unspecified atom stereocenters. The van der Waals surface area contributed by atoms with E-state index in [1.807, 2.05) is 0 Å². The van der Waals surface area contributed by atoms with Crippen LogP contribution in [0.1, 0.15) is 33.1 Å². The Balaban J connectivity index is 1.66. The van der Waals surface area contributed by atoms with Crippen LogP contribution >= 0.6 is 0 Å². The SMILES string of the molecule is CCCN1CCN(CCCCN2C(=O)OC(OS(C)(=O)=O)C2C)CC1. The van der Waals surface area contributed by atoms with Crippen LogP contribution in [0.15, 0.2) is 0 Å². The molecule has 2 atom stereocenters. The van der Waals surface area contributed by atoms with E-state index in [4.69, 9.17) is 8.92 Å². The van der Waals surface area contributed by atoms with E-state index in [0.29, 0.717) is 6.54 Å². The van der Waals surface area contributed by atoms with Crippen molar-refractivity contribution in [1.82, 2.24) is 14.7 Å². The maximum atomic E-state index is 11.9. The van der Waals surface area contributed by atoms with E-state index in [1.165, 1.54) is 13.0 Å². The Morgan fingerprint density at radius 1 is 1.08 bits per heavy atom. The summed E-state index contributed by atoms with van der Waals surface area (Å²) >= 11 is 0. The van der Waals surface area contributed by atoms with Crippen molar-refractivity contribution in [2.45, 2.75) is 45.4 Å². The number of carbonyl (C=O) groups is 1. The minimum Gasteiger partial charge on any atom is -0.416 e. The highest BCUT2D eigenvalue weighted by Gasteiger charge is 2.41. The lowest BCUT2D eigenvalue weighted by molar-refractivity contribution is -0.00743. The molecule has 0 radical (unpaired) electrons. The van der Waals surface area contributed by atoms with E-state index >= 15 is 0 Å². The molecule has 0 bridgehead atoms. The molecule has 9 heteroatoms. The number of amides is 1. The third kappa shape index (κ3) is 6.40. The minimum absolute atomic E-state index is 0.403. The Labute approximate surface area is 151 Å². The highest BCUT2D eigenvalue weighted by Crippen LogP contribution is 2.22. The number of carbonyl (C=O) groups excluding carboxylic acids is 1. The van der Waals surface area contributed by atoms with Crippen molar-refractivity contribution >= 4 is 16.2 Å². The number of piperazine rings is 1. The first-order valence-electron chi connectivity index (χ1n) is 9.10. The van der Waals surface area contributed by atoms with Gasteiger partial charge in [-0.05, 0) is 39.3 Å². The summed E-state index contributed by atoms with van der Waals surface area (Å²) in [4.78, 5) is 18.4. The van der Waals surface area contributed by atoms with Gasteiger partial charge in [0.25, 0.3) is 10.1 Å². The Bertz CT molecular complexity index is 534. The van der Waals surface area contributed by atoms with Gasteiger partial charge in [-0.15, -0.1) is 0 Å². The lowest BCUT2D eigenvalue weighted by atomic mass is 10.2. The molecular weight excluding hydrogens is 346 g/mol. The molecule has 2 aliphatic rings. The summed E-state index contributed by atoms with van der Waals surface area (Å²) in [7, 11) is -3.65. The predicted molar refractivity (Wildman–Crippen MR) is 94.8 cm³/mol. The molecular formula is C16H31N3O5S. The smallest absolute Gasteiger partial charge is 0.412 e. The minimum atomic E-state index is -3.65. The van der Waals surface area contributed by atoms with Crippen molar-refractivity contribution < 1.29 is 22.1 Å². The molecule has 0 spiro atoms. The fraction of sp³-hybridized carbons (Fsp3) is 0.938. The summed E-state index contributed by atoms with van der Waals surface area (Å²) in [6.07, 6.45) is 2.47. The van der Waals surface area contributed by atoms with Gasteiger partial charge in [0.1, 0.15) is 0 Å². The van der Waals surface area contributed by atoms with Gasteiger partial charge >= 0.3 is 6.09 Å². The molecule has 2 aliphatic heterocycles. The molecule has 8 nitrogen and oxygen atoms in total. The van der Waals surface area contributed by atoms with Crippen molar-refractivity contribution in [3.63, 3.8) is 0 Å². The fourth-order valence-corrected chi connectivity index (χ4v) is 3.86. The molecule has 25 heavy (non-hydrogen) atoms. The van der Waals surface area contributed by atoms with Crippen molar-refractivity contribution in [3.05, 3.63) is 0 Å². The van der Waals surface area contributed by atoms with Crippen LogP contribution in [0.25, 0.3) is 0 Å². The van der Waals surface area contributed by atoms with Gasteiger partial charge in [0.05, 0.1) is 12.3 Å². The molecule has 2 rings (SSSR count). The summed E-state index contributed by atoms with van der Waals surface area (Å²) in [5.41, 5.74) is 0. The molecule has 2 fully saturated rings. The number of rotatable bonds is 9. The lowest BCUT2D eigenvalue weighted by Crippen LogP contribution is -2.46. The summed E-state index contributed by atoms with van der Waals surface area (Å²) < 4.78 is 32.2. The van der Waals surface area contributed by atoms with Crippen LogP contribution in [-0.2, 0) is 19.0 Å². The first-order valence-corrected chi connectivity index (χ1v) is 10.9. The second kappa shape index (κ2) is 9.16. The van der Waals surface area contributed by atoms with Gasteiger partial charge in [-0.3, -0.25) is 4.90 Å². The van der Waals surface area contributed by atoms with Gasteiger partial charge in [-0.1, -0.05) is 6.92 Å². The standard InChI is InChI=1S/C16H31N3O5S/c1-4-7-17-10-12-18(13-11-17)8-5-6-9-19-14(2)15(23-16(19)20)24-25(3,21)22/h14-15H,4-13H2,1-3H3. The topological polar surface area (TPSA) is 79.4 Å². The second-order valence-electron chi connectivity index (χ2n) is 6.88. The first kappa shape index (κ1) is 20.4. The quantitative estimate of drug-likeness (QED) is 0.437. The average molecular weight is 378 g/mol. The molecule has 2 heterocycles. The van der Waals surface area contributed by atoms with Gasteiger partial charge in [0.15, 0.2) is 0 Å². The molecule has 0 aromatic rings. The number of cyclic esters (lactones) is 1. The largest absolute Gasteiger partial charge is 0.416 e. The van der Waals surface area contributed by atoms with E-state index < -0.39 is 28.5 Å². The number of unbranched alkanes of at least 4 members (excludes halogenated alkanes) is 1. The zero-order valence-corrected chi connectivity index (χ0v) is 16.3. The number of nitrogens with zero attached hydrogens (tertiary/aromatic N) is 3. The van der Waals surface area contributed by atoms with Crippen LogP contribution in [0.3, 0.4) is 0 Å². The Morgan fingerprint density at radius 3 is 2.20 bits per heavy atom. The zero-order valence-electron chi connectivity index (χ0n) is 15.5. The number of hydrogen-bond donors (Lipinski definition) is 0. The van der Waals surface area contributed by atoms with Crippen molar-refractivity contribution in [2.24, 2.45) is 0 Å². The van der Waals surface area contributed by atoms with Gasteiger partial charge in [-0.25, -0.2) is 8.98 Å². The second-order valence-corrected chi connectivity index (χ2v) is 8.48. The van der Waals surface area contributed by atoms with Crippen LogP contribution in [0.2, 0.25) is 0 Å². The average Bonchev–Trinajstić information content (AvgIpc) is 2.78. The maximum absolute atomic E-state index is 11.9. The van der Waals surface area contributed by atoms with Gasteiger partial charge in [0, 0.05) is 32.7 Å². The van der Waals surface area contributed by atoms with Crippen LogP contribution < -0.4 is 0 Å². The van der Waals surface area contributed by atoms with Gasteiger partial charge in [-0.2, -0.15) is 8.42 Å². The first-order chi connectivity index (χ1) is 11.8. The molecule has 0 aromatic carbocycles. The molecule has 1 amide bonds. The summed E-state index contributed by atoms with van der Waals surface area (Å²) in [5, 5.41) is 0. The summed E-state index contributed by atoms with van der Waals surface area (Å²) in [6, 6.07) is -0.403. The van der Waals surface area contributed by atoms with E-state index in [0.717, 1.165) is 51.8 Å². The van der Waals surface area contributed by atoms with Gasteiger partial charge < -0.3 is 14.5 Å². The van der Waals surface area contributed by atoms with Gasteiger partial charge in [0.2, 0.25) is 6.29 Å². The van der Waals surface area contributed by atoms with Crippen LogP contribution in [-0.4, -0.2) is 93.6 Å². The van der Waals surface area contributed by atoms with Crippen molar-refractivity contribution in [3.8, 4) is 0 Å². The molecule has 0 N–H and O–H groups in total. The molecule has 0 aromatic heterocycles. The number of hydrogen-bond acceptors (Lipinski definition) is 7. The molecule has 0 aliphatic carbocycles. The van der Waals surface area contributed by atoms with Crippen molar-refractivity contribution in [2.75, 3.05) is 52.1 Å². The molecule has 146 valence electrons. The number of ether oxygens (including phenoxy) is 1. The molecule has 2 saturated heterocycles. The predicted octanol–water partition coefficient (Wildman–Crippen LogP) is 0.937. The highest BCUT2D eigenvalue weighted by molar-refractivity contribution is 7.86. The van der Waals surface area contributed by atoms with E-state index in [1.54, 1.807) is 11.8 Å². The van der Waals surface area contributed by atoms with Crippen molar-refractivity contribution in [1.29, 1.82) is 0 Å². The van der Waals surface area contributed by atoms with Crippen LogP contribution in [0.5, 0.6) is 0 Å².